The molecule has 0 aliphatic carbocycles. The van der Waals surface area contributed by atoms with Crippen LogP contribution in [0.5, 0.6) is 0 Å². The highest BCUT2D eigenvalue weighted by Gasteiger charge is 2.04. The maximum Gasteiger partial charge on any atom is 0.206 e. The molecule has 0 amide bonds. The molecule has 0 saturated carbocycles. The van der Waals surface area contributed by atoms with Gasteiger partial charge in [0.05, 0.1) is 5.71 Å². The molecule has 4 nitrogen and oxygen atoms in total. The van der Waals surface area contributed by atoms with Crippen LogP contribution in [0, 0.1) is 5.41 Å². The SMILES string of the molecule is CCCCC/C(=N/NC(=N)N)c1ccc(Cl)cc1.Cl. The van der Waals surface area contributed by atoms with Gasteiger partial charge in [0.15, 0.2) is 0 Å². The molecule has 1 aromatic carbocycles. The Morgan fingerprint density at radius 3 is 2.47 bits per heavy atom. The van der Waals surface area contributed by atoms with Crippen LogP contribution in [0.3, 0.4) is 0 Å². The minimum Gasteiger partial charge on any atom is -0.369 e. The van der Waals surface area contributed by atoms with E-state index in [-0.39, 0.29) is 18.4 Å². The van der Waals surface area contributed by atoms with Gasteiger partial charge < -0.3 is 5.73 Å². The van der Waals surface area contributed by atoms with Gasteiger partial charge in [0.1, 0.15) is 0 Å². The molecule has 0 saturated heterocycles. The van der Waals surface area contributed by atoms with E-state index in [4.69, 9.17) is 22.7 Å². The van der Waals surface area contributed by atoms with Gasteiger partial charge in [0, 0.05) is 5.02 Å². The molecule has 4 N–H and O–H groups in total. The summed E-state index contributed by atoms with van der Waals surface area (Å²) in [4.78, 5) is 0. The maximum absolute atomic E-state index is 7.14. The first-order valence-corrected chi connectivity index (χ1v) is 6.43. The Bertz CT molecular complexity index is 415. The maximum atomic E-state index is 7.14. The zero-order valence-electron chi connectivity index (χ0n) is 10.9. The van der Waals surface area contributed by atoms with Crippen LogP contribution in [-0.2, 0) is 0 Å². The summed E-state index contributed by atoms with van der Waals surface area (Å²) in [5, 5.41) is 12.0. The monoisotopic (exact) mass is 302 g/mol. The molecule has 1 rings (SSSR count). The number of guanidine groups is 1. The first kappa shape index (κ1) is 17.7. The van der Waals surface area contributed by atoms with Crippen LogP contribution in [0.1, 0.15) is 38.2 Å². The summed E-state index contributed by atoms with van der Waals surface area (Å²) in [6.45, 7) is 2.16. The first-order chi connectivity index (χ1) is 8.63. The van der Waals surface area contributed by atoms with Crippen LogP contribution < -0.4 is 11.2 Å². The Morgan fingerprint density at radius 1 is 1.32 bits per heavy atom. The van der Waals surface area contributed by atoms with Crippen molar-refractivity contribution in [3.63, 3.8) is 0 Å². The van der Waals surface area contributed by atoms with Gasteiger partial charge in [0.2, 0.25) is 5.96 Å². The van der Waals surface area contributed by atoms with Crippen molar-refractivity contribution in [3.8, 4) is 0 Å². The molecule has 0 heterocycles. The number of rotatable bonds is 6. The molecule has 0 fully saturated rings. The third-order valence-electron chi connectivity index (χ3n) is 2.51. The molecular weight excluding hydrogens is 283 g/mol. The molecule has 0 bridgehead atoms. The van der Waals surface area contributed by atoms with Crippen LogP contribution in [0.15, 0.2) is 29.4 Å². The average Bonchev–Trinajstić information content (AvgIpc) is 2.34. The molecule has 0 aliphatic heterocycles. The molecule has 0 atom stereocenters. The number of hydrazone groups is 1. The van der Waals surface area contributed by atoms with Gasteiger partial charge >= 0.3 is 0 Å². The van der Waals surface area contributed by atoms with E-state index in [1.54, 1.807) is 0 Å². The average molecular weight is 303 g/mol. The van der Waals surface area contributed by atoms with E-state index in [0.29, 0.717) is 5.02 Å². The number of halogens is 2. The second-order valence-corrected chi connectivity index (χ2v) is 4.48. The van der Waals surface area contributed by atoms with Crippen molar-refractivity contribution in [2.45, 2.75) is 32.6 Å². The van der Waals surface area contributed by atoms with Gasteiger partial charge in [-0.15, -0.1) is 12.4 Å². The number of hydrogen-bond donors (Lipinski definition) is 3. The van der Waals surface area contributed by atoms with E-state index in [1.165, 1.54) is 0 Å². The molecule has 0 radical (unpaired) electrons. The largest absolute Gasteiger partial charge is 0.369 e. The fourth-order valence-corrected chi connectivity index (χ4v) is 1.70. The lowest BCUT2D eigenvalue weighted by Gasteiger charge is -2.07. The molecule has 19 heavy (non-hydrogen) atoms. The van der Waals surface area contributed by atoms with E-state index >= 15 is 0 Å². The fraction of sp³-hybridized carbons (Fsp3) is 0.385. The number of unbranched alkanes of at least 4 members (excludes halogenated alkanes) is 2. The number of benzene rings is 1. The summed E-state index contributed by atoms with van der Waals surface area (Å²) >= 11 is 5.86. The second-order valence-electron chi connectivity index (χ2n) is 4.05. The molecule has 106 valence electrons. The summed E-state index contributed by atoms with van der Waals surface area (Å²) in [7, 11) is 0. The van der Waals surface area contributed by atoms with Crippen molar-refractivity contribution in [1.29, 1.82) is 5.41 Å². The Hall–Kier alpha value is -1.26. The van der Waals surface area contributed by atoms with Gasteiger partial charge in [-0.25, -0.2) is 5.43 Å². The van der Waals surface area contributed by atoms with E-state index < -0.39 is 0 Å². The fourth-order valence-electron chi connectivity index (χ4n) is 1.58. The van der Waals surface area contributed by atoms with Crippen molar-refractivity contribution in [2.75, 3.05) is 0 Å². The number of hydrogen-bond acceptors (Lipinski definition) is 2. The van der Waals surface area contributed by atoms with Crippen LogP contribution in [0.25, 0.3) is 0 Å². The first-order valence-electron chi connectivity index (χ1n) is 6.06. The molecule has 1 aromatic rings. The van der Waals surface area contributed by atoms with E-state index in [1.807, 2.05) is 24.3 Å². The number of nitrogens with two attached hydrogens (primary N) is 1. The minimum atomic E-state index is -0.156. The lowest BCUT2D eigenvalue weighted by molar-refractivity contribution is 0.739. The van der Waals surface area contributed by atoms with Gasteiger partial charge in [-0.3, -0.25) is 5.41 Å². The van der Waals surface area contributed by atoms with Crippen molar-refractivity contribution >= 4 is 35.7 Å². The molecule has 6 heteroatoms. The normalized spacial score (nSPS) is 10.7. The van der Waals surface area contributed by atoms with E-state index in [2.05, 4.69) is 17.5 Å². The number of nitrogens with zero attached hydrogens (tertiary/aromatic N) is 1. The second kappa shape index (κ2) is 9.64. The molecule has 0 unspecified atom stereocenters. The summed E-state index contributed by atoms with van der Waals surface area (Å²) in [6.07, 6.45) is 4.24. The van der Waals surface area contributed by atoms with Gasteiger partial charge in [-0.05, 0) is 30.5 Å². The van der Waals surface area contributed by atoms with Crippen molar-refractivity contribution in [3.05, 3.63) is 34.9 Å². The van der Waals surface area contributed by atoms with Crippen molar-refractivity contribution in [1.82, 2.24) is 5.43 Å². The van der Waals surface area contributed by atoms with Crippen molar-refractivity contribution < 1.29 is 0 Å². The summed E-state index contributed by atoms with van der Waals surface area (Å²) in [5.41, 5.74) is 9.65. The van der Waals surface area contributed by atoms with Gasteiger partial charge in [-0.1, -0.05) is 43.5 Å². The standard InChI is InChI=1S/C13H19ClN4.ClH/c1-2-3-4-5-12(17-18-13(15)16)10-6-8-11(14)9-7-10;/h6-9H,2-5H2,1H3,(H4,15,16,18);1H/b17-12-;. The highest BCUT2D eigenvalue weighted by molar-refractivity contribution is 6.30. The van der Waals surface area contributed by atoms with E-state index in [0.717, 1.165) is 37.0 Å². The third kappa shape index (κ3) is 7.03. The molecule has 0 spiro atoms. The Kier molecular flexibility index (Phi) is 9.00. The van der Waals surface area contributed by atoms with Crippen molar-refractivity contribution in [2.24, 2.45) is 10.8 Å². The molecule has 0 aliphatic rings. The van der Waals surface area contributed by atoms with Crippen LogP contribution in [0.2, 0.25) is 5.02 Å². The van der Waals surface area contributed by atoms with Crippen LogP contribution >= 0.6 is 24.0 Å². The quantitative estimate of drug-likeness (QED) is 0.325. The van der Waals surface area contributed by atoms with E-state index in [9.17, 15) is 0 Å². The minimum absolute atomic E-state index is 0. The smallest absolute Gasteiger partial charge is 0.206 e. The topological polar surface area (TPSA) is 74.3 Å². The zero-order valence-corrected chi connectivity index (χ0v) is 12.5. The Balaban J connectivity index is 0.00000324. The highest BCUT2D eigenvalue weighted by Crippen LogP contribution is 2.13. The van der Waals surface area contributed by atoms with Crippen LogP contribution in [0.4, 0.5) is 0 Å². The Labute approximate surface area is 125 Å². The predicted molar refractivity (Wildman–Crippen MR) is 84.4 cm³/mol. The summed E-state index contributed by atoms with van der Waals surface area (Å²) in [6, 6.07) is 7.52. The van der Waals surface area contributed by atoms with Gasteiger partial charge in [-0.2, -0.15) is 5.10 Å². The third-order valence-corrected chi connectivity index (χ3v) is 2.76. The van der Waals surface area contributed by atoms with Gasteiger partial charge in [0.25, 0.3) is 0 Å². The predicted octanol–water partition coefficient (Wildman–Crippen LogP) is 3.53. The summed E-state index contributed by atoms with van der Waals surface area (Å²) < 4.78 is 0. The Morgan fingerprint density at radius 2 is 1.95 bits per heavy atom. The number of nitrogens with one attached hydrogen (secondary N) is 2. The lowest BCUT2D eigenvalue weighted by atomic mass is 10.0. The molecular formula is C13H20Cl2N4. The summed E-state index contributed by atoms with van der Waals surface area (Å²) in [5.74, 6) is -0.156. The van der Waals surface area contributed by atoms with Crippen LogP contribution in [-0.4, -0.2) is 11.7 Å². The molecule has 0 aromatic heterocycles. The lowest BCUT2D eigenvalue weighted by Crippen LogP contribution is -2.27. The highest BCUT2D eigenvalue weighted by atomic mass is 35.5. The zero-order chi connectivity index (χ0) is 13.4.